The first-order valence-electron chi connectivity index (χ1n) is 8.06. The molecule has 0 saturated carbocycles. The molecule has 1 saturated heterocycles. The molecule has 0 spiro atoms. The zero-order valence-corrected chi connectivity index (χ0v) is 13.5. The molecule has 1 aromatic carbocycles. The lowest BCUT2D eigenvalue weighted by molar-refractivity contribution is -0.0536. The average molecular weight is 286 g/mol. The molecule has 0 aliphatic carbocycles. The summed E-state index contributed by atoms with van der Waals surface area (Å²) in [6, 6.07) is 8.98. The summed E-state index contributed by atoms with van der Waals surface area (Å²) in [6.07, 6.45) is 5.51. The Labute approximate surface area is 127 Å². The van der Waals surface area contributed by atoms with Gasteiger partial charge < -0.3 is 9.72 Å². The molecule has 21 heavy (non-hydrogen) atoms. The topological polar surface area (TPSA) is 28.3 Å². The van der Waals surface area contributed by atoms with Gasteiger partial charge in [-0.05, 0) is 44.9 Å². The van der Waals surface area contributed by atoms with Gasteiger partial charge >= 0.3 is 0 Å². The lowest BCUT2D eigenvalue weighted by Gasteiger charge is -2.33. The molecule has 2 aromatic rings. The molecule has 114 valence electrons. The molecule has 3 rings (SSSR count). The van der Waals surface area contributed by atoms with Gasteiger partial charge in [-0.15, -0.1) is 0 Å². The van der Waals surface area contributed by atoms with Gasteiger partial charge in [0.1, 0.15) is 6.23 Å². The van der Waals surface area contributed by atoms with Crippen LogP contribution in [0.5, 0.6) is 0 Å². The van der Waals surface area contributed by atoms with Gasteiger partial charge in [0.05, 0.1) is 5.60 Å². The number of nitrogens with one attached hydrogen (secondary N) is 1. The zero-order valence-electron chi connectivity index (χ0n) is 13.5. The van der Waals surface area contributed by atoms with Gasteiger partial charge in [-0.1, -0.05) is 32.0 Å². The van der Waals surface area contributed by atoms with E-state index in [1.54, 1.807) is 0 Å². The molecular weight excluding hydrogens is 260 g/mol. The molecule has 0 bridgehead atoms. The van der Waals surface area contributed by atoms with Crippen LogP contribution in [0.1, 0.15) is 39.2 Å². The maximum absolute atomic E-state index is 6.35. The zero-order chi connectivity index (χ0) is 15.0. The Bertz CT molecular complexity index is 614. The average Bonchev–Trinajstić information content (AvgIpc) is 3.02. The van der Waals surface area contributed by atoms with Crippen LogP contribution in [0.25, 0.3) is 10.9 Å². The summed E-state index contributed by atoms with van der Waals surface area (Å²) in [5, 5.41) is 1.34. The Morgan fingerprint density at radius 2 is 1.95 bits per heavy atom. The summed E-state index contributed by atoms with van der Waals surface area (Å²) in [4.78, 5) is 5.79. The third kappa shape index (κ3) is 2.29. The summed E-state index contributed by atoms with van der Waals surface area (Å²) in [6.45, 7) is 6.66. The highest BCUT2D eigenvalue weighted by Crippen LogP contribution is 2.39. The Kier molecular flexibility index (Phi) is 3.80. The Balaban J connectivity index is 1.95. The van der Waals surface area contributed by atoms with Crippen molar-refractivity contribution in [2.45, 2.75) is 57.9 Å². The monoisotopic (exact) mass is 286 g/mol. The highest BCUT2D eigenvalue weighted by Gasteiger charge is 2.48. The van der Waals surface area contributed by atoms with Crippen LogP contribution in [-0.4, -0.2) is 34.8 Å². The van der Waals surface area contributed by atoms with Crippen molar-refractivity contribution in [2.24, 2.45) is 0 Å². The maximum Gasteiger partial charge on any atom is 0.108 e. The van der Waals surface area contributed by atoms with E-state index in [1.165, 1.54) is 16.5 Å². The molecule has 3 heteroatoms. The summed E-state index contributed by atoms with van der Waals surface area (Å²) in [7, 11) is 2.19. The number of H-pyrrole nitrogens is 1. The minimum atomic E-state index is -0.0213. The third-order valence-electron chi connectivity index (χ3n) is 5.36. The molecule has 1 aromatic heterocycles. The fourth-order valence-corrected chi connectivity index (χ4v) is 3.85. The van der Waals surface area contributed by atoms with E-state index in [0.29, 0.717) is 6.04 Å². The van der Waals surface area contributed by atoms with Gasteiger partial charge in [-0.25, -0.2) is 0 Å². The first-order valence-corrected chi connectivity index (χ1v) is 8.06. The molecule has 0 unspecified atom stereocenters. The number of para-hydroxylation sites is 1. The Morgan fingerprint density at radius 3 is 2.67 bits per heavy atom. The number of likely N-dealkylation sites (N-methyl/N-ethyl adjacent to an activating group) is 1. The van der Waals surface area contributed by atoms with E-state index in [1.807, 2.05) is 0 Å². The highest BCUT2D eigenvalue weighted by atomic mass is 16.5. The number of benzene rings is 1. The van der Waals surface area contributed by atoms with Gasteiger partial charge in [0.2, 0.25) is 0 Å². The second-order valence-corrected chi connectivity index (χ2v) is 6.23. The second-order valence-electron chi connectivity index (χ2n) is 6.23. The fraction of sp³-hybridized carbons (Fsp3) is 0.556. The van der Waals surface area contributed by atoms with Gasteiger partial charge in [-0.3, -0.25) is 4.90 Å². The van der Waals surface area contributed by atoms with E-state index in [0.717, 1.165) is 19.3 Å². The van der Waals surface area contributed by atoms with Crippen LogP contribution in [-0.2, 0) is 11.2 Å². The highest BCUT2D eigenvalue weighted by molar-refractivity contribution is 5.83. The predicted octanol–water partition coefficient (Wildman–Crippen LogP) is 3.95. The number of rotatable bonds is 4. The summed E-state index contributed by atoms with van der Waals surface area (Å²) >= 11 is 0. The van der Waals surface area contributed by atoms with Crippen molar-refractivity contribution < 1.29 is 4.74 Å². The lowest BCUT2D eigenvalue weighted by atomic mass is 9.84. The number of aromatic amines is 1. The molecule has 2 heterocycles. The molecule has 1 fully saturated rings. The van der Waals surface area contributed by atoms with Crippen LogP contribution >= 0.6 is 0 Å². The Hall–Kier alpha value is -1.32. The van der Waals surface area contributed by atoms with Crippen LogP contribution < -0.4 is 0 Å². The fourth-order valence-electron chi connectivity index (χ4n) is 3.85. The van der Waals surface area contributed by atoms with Crippen molar-refractivity contribution >= 4 is 10.9 Å². The number of hydrogen-bond acceptors (Lipinski definition) is 2. The smallest absolute Gasteiger partial charge is 0.108 e. The summed E-state index contributed by atoms with van der Waals surface area (Å²) in [5.74, 6) is 0. The minimum Gasteiger partial charge on any atom is -0.361 e. The van der Waals surface area contributed by atoms with Gasteiger partial charge in [0.15, 0.2) is 0 Å². The molecule has 1 aliphatic heterocycles. The molecule has 1 N–H and O–H groups in total. The quantitative estimate of drug-likeness (QED) is 0.922. The van der Waals surface area contributed by atoms with Crippen LogP contribution in [0, 0.1) is 0 Å². The van der Waals surface area contributed by atoms with E-state index in [2.05, 4.69) is 68.2 Å². The number of hydrogen-bond donors (Lipinski definition) is 1. The normalized spacial score (nSPS) is 25.7. The minimum absolute atomic E-state index is 0.0213. The standard InChI is InChI=1S/C18H26N2O/c1-5-18(6-2)17(20(4)13(3)21-18)11-14-12-19-16-10-8-7-9-15(14)16/h7-10,12-13,17,19H,5-6,11H2,1-4H3/t13-,17-/m0/s1. The van der Waals surface area contributed by atoms with Crippen LogP contribution in [0.4, 0.5) is 0 Å². The van der Waals surface area contributed by atoms with Crippen molar-refractivity contribution in [3.05, 3.63) is 36.0 Å². The van der Waals surface area contributed by atoms with Crippen molar-refractivity contribution in [3.8, 4) is 0 Å². The number of fused-ring (bicyclic) bond motifs is 1. The molecule has 1 aliphatic rings. The largest absolute Gasteiger partial charge is 0.361 e. The first kappa shape index (κ1) is 14.6. The van der Waals surface area contributed by atoms with Crippen molar-refractivity contribution in [2.75, 3.05) is 7.05 Å². The molecule has 0 radical (unpaired) electrons. The molecular formula is C18H26N2O. The van der Waals surface area contributed by atoms with Crippen LogP contribution in [0.15, 0.2) is 30.5 Å². The van der Waals surface area contributed by atoms with E-state index in [4.69, 9.17) is 4.74 Å². The molecule has 2 atom stereocenters. The summed E-state index contributed by atoms with van der Waals surface area (Å²) in [5.41, 5.74) is 2.60. The van der Waals surface area contributed by atoms with Gasteiger partial charge in [-0.2, -0.15) is 0 Å². The molecule has 3 nitrogen and oxygen atoms in total. The second kappa shape index (κ2) is 5.47. The van der Waals surface area contributed by atoms with Crippen molar-refractivity contribution in [3.63, 3.8) is 0 Å². The van der Waals surface area contributed by atoms with Crippen molar-refractivity contribution in [1.29, 1.82) is 0 Å². The first-order chi connectivity index (χ1) is 10.1. The Morgan fingerprint density at radius 1 is 1.24 bits per heavy atom. The van der Waals surface area contributed by atoms with Crippen LogP contribution in [0.3, 0.4) is 0 Å². The molecule has 0 amide bonds. The van der Waals surface area contributed by atoms with E-state index in [-0.39, 0.29) is 11.8 Å². The number of nitrogens with zero attached hydrogens (tertiary/aromatic N) is 1. The third-order valence-corrected chi connectivity index (χ3v) is 5.36. The maximum atomic E-state index is 6.35. The van der Waals surface area contributed by atoms with E-state index < -0.39 is 0 Å². The van der Waals surface area contributed by atoms with E-state index in [9.17, 15) is 0 Å². The van der Waals surface area contributed by atoms with Crippen LogP contribution in [0.2, 0.25) is 0 Å². The SMILES string of the molecule is CCC1(CC)O[C@@H](C)N(C)[C@H]1Cc1c[nH]c2ccccc12. The summed E-state index contributed by atoms with van der Waals surface area (Å²) < 4.78 is 6.35. The van der Waals surface area contributed by atoms with E-state index >= 15 is 0 Å². The van der Waals surface area contributed by atoms with Gasteiger partial charge in [0.25, 0.3) is 0 Å². The predicted molar refractivity (Wildman–Crippen MR) is 87.4 cm³/mol. The number of ether oxygens (including phenoxy) is 1. The van der Waals surface area contributed by atoms with Gasteiger partial charge in [0, 0.05) is 23.1 Å². The van der Waals surface area contributed by atoms with Crippen molar-refractivity contribution in [1.82, 2.24) is 9.88 Å². The number of aromatic nitrogens is 1. The lowest BCUT2D eigenvalue weighted by Crippen LogP contribution is -2.45.